The van der Waals surface area contributed by atoms with Gasteiger partial charge in [0.1, 0.15) is 18.1 Å². The van der Waals surface area contributed by atoms with E-state index in [2.05, 4.69) is 5.32 Å². The number of ether oxygens (including phenoxy) is 1. The van der Waals surface area contributed by atoms with Gasteiger partial charge in [-0.1, -0.05) is 72.8 Å². The van der Waals surface area contributed by atoms with Crippen LogP contribution in [0.25, 0.3) is 0 Å². The van der Waals surface area contributed by atoms with Crippen LogP contribution in [0.15, 0.2) is 84.9 Å². The summed E-state index contributed by atoms with van der Waals surface area (Å²) >= 11 is 0. The molecule has 3 rings (SSSR count). The molecule has 0 unspecified atom stereocenters. The third-order valence-electron chi connectivity index (χ3n) is 4.55. The first-order valence-electron chi connectivity index (χ1n) is 9.77. The summed E-state index contributed by atoms with van der Waals surface area (Å²) in [7, 11) is 0. The van der Waals surface area contributed by atoms with Crippen molar-refractivity contribution < 1.29 is 14.3 Å². The van der Waals surface area contributed by atoms with Crippen LogP contribution in [0.1, 0.15) is 29.5 Å². The van der Waals surface area contributed by atoms with Crippen LogP contribution < -0.4 is 10.1 Å². The molecule has 0 atom stereocenters. The normalized spacial score (nSPS) is 10.3. The lowest BCUT2D eigenvalue weighted by Gasteiger charge is -2.08. The number of aryl methyl sites for hydroxylation is 1. The number of carbonyl (C=O) groups is 2. The van der Waals surface area contributed by atoms with Crippen molar-refractivity contribution in [2.24, 2.45) is 0 Å². The van der Waals surface area contributed by atoms with E-state index >= 15 is 0 Å². The van der Waals surface area contributed by atoms with E-state index < -0.39 is 0 Å². The molecule has 0 aliphatic heterocycles. The smallest absolute Gasteiger partial charge is 0.227 e. The molecule has 0 heterocycles. The Hall–Kier alpha value is -3.40. The molecule has 0 aromatic heterocycles. The van der Waals surface area contributed by atoms with E-state index in [4.69, 9.17) is 4.74 Å². The zero-order valence-corrected chi connectivity index (χ0v) is 16.3. The molecule has 0 bridgehead atoms. The second-order valence-electron chi connectivity index (χ2n) is 6.90. The topological polar surface area (TPSA) is 55.4 Å². The van der Waals surface area contributed by atoms with Crippen molar-refractivity contribution in [2.75, 3.05) is 0 Å². The van der Waals surface area contributed by atoms with E-state index in [1.807, 2.05) is 84.9 Å². The van der Waals surface area contributed by atoms with Crippen molar-refractivity contribution in [1.82, 2.24) is 5.32 Å². The fourth-order valence-electron chi connectivity index (χ4n) is 2.90. The van der Waals surface area contributed by atoms with Gasteiger partial charge in [0.2, 0.25) is 5.91 Å². The third kappa shape index (κ3) is 7.26. The molecule has 3 aromatic rings. The van der Waals surface area contributed by atoms with E-state index in [0.29, 0.717) is 26.0 Å². The fourth-order valence-corrected chi connectivity index (χ4v) is 2.90. The molecule has 0 aliphatic rings. The summed E-state index contributed by atoms with van der Waals surface area (Å²) < 4.78 is 5.77. The minimum atomic E-state index is -0.233. The highest BCUT2D eigenvalue weighted by atomic mass is 16.5. The summed E-state index contributed by atoms with van der Waals surface area (Å²) in [5, 5.41) is 2.79. The molecule has 4 heteroatoms. The Morgan fingerprint density at radius 1 is 0.724 bits per heavy atom. The molecule has 4 nitrogen and oxygen atoms in total. The summed E-state index contributed by atoms with van der Waals surface area (Å²) in [5.41, 5.74) is 3.19. The van der Waals surface area contributed by atoms with Crippen LogP contribution in [-0.4, -0.2) is 11.7 Å². The summed E-state index contributed by atoms with van der Waals surface area (Å²) in [6.07, 6.45) is 0.887. The van der Waals surface area contributed by atoms with Gasteiger partial charge in [-0.05, 0) is 35.2 Å². The molecule has 3 aromatic carbocycles. The molecule has 148 valence electrons. The second kappa shape index (κ2) is 10.8. The standard InChI is InChI=1S/C25H25NO3/c27-23(17-25(28)26-18-21-7-3-1-4-8-21)14-11-20-12-15-24(16-13-20)29-19-22-9-5-2-6-10-22/h1-10,12-13,15-16H,11,14,17-19H2,(H,26,28). The quantitative estimate of drug-likeness (QED) is 0.522. The molecular formula is C25H25NO3. The fraction of sp³-hybridized carbons (Fsp3) is 0.200. The van der Waals surface area contributed by atoms with Gasteiger partial charge in [0.25, 0.3) is 0 Å². The SMILES string of the molecule is O=C(CCc1ccc(OCc2ccccc2)cc1)CC(=O)NCc1ccccc1. The zero-order chi connectivity index (χ0) is 20.3. The van der Waals surface area contributed by atoms with Gasteiger partial charge in [-0.25, -0.2) is 0 Å². The van der Waals surface area contributed by atoms with E-state index in [9.17, 15) is 9.59 Å². The number of nitrogens with one attached hydrogen (secondary N) is 1. The Bertz CT molecular complexity index is 906. The summed E-state index contributed by atoms with van der Waals surface area (Å²) in [5.74, 6) is 0.507. The minimum absolute atomic E-state index is 0.0556. The predicted octanol–water partition coefficient (Wildman–Crippen LogP) is 4.47. The number of amides is 1. The number of Topliss-reactive ketones (excluding diaryl/α,β-unsaturated/α-hetero) is 1. The van der Waals surface area contributed by atoms with Gasteiger partial charge in [-0.3, -0.25) is 9.59 Å². The molecule has 29 heavy (non-hydrogen) atoms. The van der Waals surface area contributed by atoms with Gasteiger partial charge in [0, 0.05) is 13.0 Å². The van der Waals surface area contributed by atoms with Crippen LogP contribution in [0.4, 0.5) is 0 Å². The lowest BCUT2D eigenvalue weighted by Crippen LogP contribution is -2.25. The molecule has 0 fully saturated rings. The maximum absolute atomic E-state index is 12.1. The summed E-state index contributed by atoms with van der Waals surface area (Å²) in [6.45, 7) is 0.966. The maximum Gasteiger partial charge on any atom is 0.227 e. The van der Waals surface area contributed by atoms with Crippen molar-refractivity contribution in [2.45, 2.75) is 32.4 Å². The minimum Gasteiger partial charge on any atom is -0.489 e. The first-order valence-corrected chi connectivity index (χ1v) is 9.77. The number of benzene rings is 3. The Balaban J connectivity index is 1.36. The van der Waals surface area contributed by atoms with Crippen LogP contribution in [-0.2, 0) is 29.2 Å². The van der Waals surface area contributed by atoms with E-state index in [1.54, 1.807) is 0 Å². The van der Waals surface area contributed by atoms with Gasteiger partial charge >= 0.3 is 0 Å². The van der Waals surface area contributed by atoms with Gasteiger partial charge < -0.3 is 10.1 Å². The lowest BCUT2D eigenvalue weighted by atomic mass is 10.1. The number of carbonyl (C=O) groups excluding carboxylic acids is 2. The Morgan fingerprint density at radius 2 is 1.34 bits per heavy atom. The third-order valence-corrected chi connectivity index (χ3v) is 4.55. The van der Waals surface area contributed by atoms with Crippen LogP contribution >= 0.6 is 0 Å². The number of hydrogen-bond acceptors (Lipinski definition) is 3. The van der Waals surface area contributed by atoms with Gasteiger partial charge in [-0.15, -0.1) is 0 Å². The molecule has 1 N–H and O–H groups in total. The van der Waals surface area contributed by atoms with Gasteiger partial charge in [0.05, 0.1) is 6.42 Å². The van der Waals surface area contributed by atoms with Gasteiger partial charge in [-0.2, -0.15) is 0 Å². The number of hydrogen-bond donors (Lipinski definition) is 1. The monoisotopic (exact) mass is 387 g/mol. The molecule has 0 radical (unpaired) electrons. The van der Waals surface area contributed by atoms with Crippen LogP contribution in [0, 0.1) is 0 Å². The van der Waals surface area contributed by atoms with E-state index in [-0.39, 0.29) is 18.1 Å². The summed E-state index contributed by atoms with van der Waals surface area (Å²) in [4.78, 5) is 24.0. The van der Waals surface area contributed by atoms with Crippen molar-refractivity contribution >= 4 is 11.7 Å². The lowest BCUT2D eigenvalue weighted by molar-refractivity contribution is -0.128. The first kappa shape index (κ1) is 20.3. The van der Waals surface area contributed by atoms with Crippen molar-refractivity contribution in [3.63, 3.8) is 0 Å². The summed E-state index contributed by atoms with van der Waals surface area (Å²) in [6, 6.07) is 27.4. The molecule has 0 saturated heterocycles. The Kier molecular flexibility index (Phi) is 7.58. The largest absolute Gasteiger partial charge is 0.489 e. The average molecular weight is 387 g/mol. The molecule has 0 saturated carbocycles. The maximum atomic E-state index is 12.1. The van der Waals surface area contributed by atoms with Gasteiger partial charge in [0.15, 0.2) is 0 Å². The predicted molar refractivity (Wildman–Crippen MR) is 113 cm³/mol. The number of ketones is 1. The van der Waals surface area contributed by atoms with Crippen molar-refractivity contribution in [1.29, 1.82) is 0 Å². The number of rotatable bonds is 10. The Morgan fingerprint density at radius 3 is 2.00 bits per heavy atom. The van der Waals surface area contributed by atoms with Crippen molar-refractivity contribution in [3.8, 4) is 5.75 Å². The molecular weight excluding hydrogens is 362 g/mol. The van der Waals surface area contributed by atoms with Crippen LogP contribution in [0.5, 0.6) is 5.75 Å². The average Bonchev–Trinajstić information content (AvgIpc) is 2.77. The van der Waals surface area contributed by atoms with Crippen LogP contribution in [0.3, 0.4) is 0 Å². The van der Waals surface area contributed by atoms with Crippen molar-refractivity contribution in [3.05, 3.63) is 102 Å². The van der Waals surface area contributed by atoms with E-state index in [1.165, 1.54) is 0 Å². The molecule has 0 aliphatic carbocycles. The highest BCUT2D eigenvalue weighted by Crippen LogP contribution is 2.15. The second-order valence-corrected chi connectivity index (χ2v) is 6.90. The zero-order valence-electron chi connectivity index (χ0n) is 16.3. The highest BCUT2D eigenvalue weighted by Gasteiger charge is 2.09. The molecule has 1 amide bonds. The Labute approximate surface area is 171 Å². The highest BCUT2D eigenvalue weighted by molar-refractivity contribution is 5.98. The van der Waals surface area contributed by atoms with Crippen LogP contribution in [0.2, 0.25) is 0 Å². The first-order chi connectivity index (χ1) is 14.2. The van der Waals surface area contributed by atoms with E-state index in [0.717, 1.165) is 22.4 Å². The molecule has 0 spiro atoms.